The molecule has 0 fully saturated rings. The summed E-state index contributed by atoms with van der Waals surface area (Å²) in [5.41, 5.74) is 0.716. The molecule has 0 aliphatic rings. The third-order valence-electron chi connectivity index (χ3n) is 2.18. The van der Waals surface area contributed by atoms with Crippen LogP contribution in [-0.4, -0.2) is 18.3 Å². The van der Waals surface area contributed by atoms with E-state index in [9.17, 15) is 4.79 Å². The van der Waals surface area contributed by atoms with Crippen LogP contribution in [-0.2, 0) is 0 Å². The number of rotatable bonds is 5. The molecule has 0 bridgehead atoms. The highest BCUT2D eigenvalue weighted by atomic mass is 35.5. The second kappa shape index (κ2) is 5.76. The van der Waals surface area contributed by atoms with Crippen LogP contribution in [0.3, 0.4) is 0 Å². The van der Waals surface area contributed by atoms with Crippen LogP contribution in [0.25, 0.3) is 0 Å². The lowest BCUT2D eigenvalue weighted by atomic mass is 10.1. The fourth-order valence-electron chi connectivity index (χ4n) is 1.25. The molecule has 1 atom stereocenters. The summed E-state index contributed by atoms with van der Waals surface area (Å²) in [6.07, 6.45) is 1.21. The molecule has 0 aromatic heterocycles. The number of ether oxygens (including phenoxy) is 1. The second-order valence-corrected chi connectivity index (χ2v) is 4.22. The Balaban J connectivity index is 2.58. The molecule has 0 saturated heterocycles. The highest BCUT2D eigenvalue weighted by molar-refractivity contribution is 6.20. The maximum atomic E-state index is 11.6. The fourth-order valence-corrected chi connectivity index (χ4v) is 1.36. The second-order valence-electron chi connectivity index (χ2n) is 3.47. The molecule has 15 heavy (non-hydrogen) atoms. The fraction of sp³-hybridized carbons (Fsp3) is 0.417. The maximum absolute atomic E-state index is 11.6. The smallest absolute Gasteiger partial charge is 0.162 e. The van der Waals surface area contributed by atoms with Crippen molar-refractivity contribution in [2.24, 2.45) is 0 Å². The highest BCUT2D eigenvalue weighted by Gasteiger charge is 2.07. The van der Waals surface area contributed by atoms with E-state index < -0.39 is 0 Å². The van der Waals surface area contributed by atoms with E-state index >= 15 is 0 Å². The predicted octanol–water partition coefficient (Wildman–Crippen LogP) is 3.29. The number of carbonyl (C=O) groups is 1. The van der Waals surface area contributed by atoms with Crippen molar-refractivity contribution < 1.29 is 9.53 Å². The van der Waals surface area contributed by atoms with Gasteiger partial charge in [0.25, 0.3) is 0 Å². The van der Waals surface area contributed by atoms with Crippen LogP contribution in [0.2, 0.25) is 0 Å². The van der Waals surface area contributed by atoms with Gasteiger partial charge < -0.3 is 4.74 Å². The number of benzene rings is 1. The summed E-state index contributed by atoms with van der Waals surface area (Å²) in [6, 6.07) is 7.13. The summed E-state index contributed by atoms with van der Waals surface area (Å²) in [5.74, 6) is 0.891. The standard InChI is InChI=1S/C12H15ClO2/c1-9(13)3-8-12(14)10-4-6-11(15-2)7-5-10/h4-7,9H,3,8H2,1-2H3. The summed E-state index contributed by atoms with van der Waals surface area (Å²) in [5, 5.41) is 0.0483. The monoisotopic (exact) mass is 226 g/mol. The molecular weight excluding hydrogens is 212 g/mol. The number of halogens is 1. The van der Waals surface area contributed by atoms with E-state index in [0.717, 1.165) is 5.75 Å². The average molecular weight is 227 g/mol. The number of alkyl halides is 1. The van der Waals surface area contributed by atoms with Crippen molar-refractivity contribution in [3.63, 3.8) is 0 Å². The predicted molar refractivity (Wildman–Crippen MR) is 61.9 cm³/mol. The third-order valence-corrected chi connectivity index (χ3v) is 2.40. The molecule has 0 amide bonds. The van der Waals surface area contributed by atoms with Crippen molar-refractivity contribution in [2.45, 2.75) is 25.1 Å². The Hall–Kier alpha value is -1.02. The van der Waals surface area contributed by atoms with Gasteiger partial charge in [-0.25, -0.2) is 0 Å². The lowest BCUT2D eigenvalue weighted by Crippen LogP contribution is -2.02. The summed E-state index contributed by atoms with van der Waals surface area (Å²) in [7, 11) is 1.60. The van der Waals surface area contributed by atoms with Gasteiger partial charge in [0.2, 0.25) is 0 Å². The molecule has 1 unspecified atom stereocenters. The molecule has 0 heterocycles. The molecule has 0 saturated carbocycles. The molecule has 0 spiro atoms. The largest absolute Gasteiger partial charge is 0.497 e. The van der Waals surface area contributed by atoms with Crippen LogP contribution < -0.4 is 4.74 Å². The van der Waals surface area contributed by atoms with Gasteiger partial charge in [-0.1, -0.05) is 0 Å². The zero-order valence-corrected chi connectivity index (χ0v) is 9.75. The Morgan fingerprint density at radius 1 is 1.40 bits per heavy atom. The Labute approximate surface area is 95.2 Å². The van der Waals surface area contributed by atoms with E-state index in [0.29, 0.717) is 18.4 Å². The molecule has 0 N–H and O–H groups in total. The lowest BCUT2D eigenvalue weighted by molar-refractivity contribution is 0.0980. The Kier molecular flexibility index (Phi) is 4.63. The number of Topliss-reactive ketones (excluding diaryl/α,β-unsaturated/α-hetero) is 1. The van der Waals surface area contributed by atoms with E-state index in [1.807, 2.05) is 6.92 Å². The maximum Gasteiger partial charge on any atom is 0.162 e. The molecule has 1 aromatic carbocycles. The molecule has 0 aliphatic carbocycles. The van der Waals surface area contributed by atoms with Crippen molar-refractivity contribution in [1.82, 2.24) is 0 Å². The van der Waals surface area contributed by atoms with E-state index in [1.54, 1.807) is 31.4 Å². The topological polar surface area (TPSA) is 26.3 Å². The van der Waals surface area contributed by atoms with Crippen molar-refractivity contribution in [3.8, 4) is 5.75 Å². The molecular formula is C12H15ClO2. The molecule has 82 valence electrons. The van der Waals surface area contributed by atoms with E-state index in [4.69, 9.17) is 16.3 Å². The van der Waals surface area contributed by atoms with Crippen LogP contribution in [0.15, 0.2) is 24.3 Å². The van der Waals surface area contributed by atoms with Gasteiger partial charge in [0.15, 0.2) is 5.78 Å². The normalized spacial score (nSPS) is 12.2. The first kappa shape index (κ1) is 12.1. The first-order valence-corrected chi connectivity index (χ1v) is 5.38. The summed E-state index contributed by atoms with van der Waals surface area (Å²) >= 11 is 5.78. The molecule has 1 aromatic rings. The van der Waals surface area contributed by atoms with Crippen LogP contribution in [0.1, 0.15) is 30.1 Å². The van der Waals surface area contributed by atoms with Crippen LogP contribution in [0.5, 0.6) is 5.75 Å². The highest BCUT2D eigenvalue weighted by Crippen LogP contribution is 2.14. The Morgan fingerprint density at radius 2 is 2.00 bits per heavy atom. The zero-order valence-electron chi connectivity index (χ0n) is 9.00. The molecule has 1 rings (SSSR count). The van der Waals surface area contributed by atoms with Gasteiger partial charge in [0.05, 0.1) is 7.11 Å². The van der Waals surface area contributed by atoms with Gasteiger partial charge in [-0.3, -0.25) is 4.79 Å². The first-order chi connectivity index (χ1) is 7.13. The Bertz CT molecular complexity index is 317. The number of carbonyl (C=O) groups excluding carboxylic acids is 1. The van der Waals surface area contributed by atoms with Gasteiger partial charge in [0, 0.05) is 17.4 Å². The van der Waals surface area contributed by atoms with E-state index in [1.165, 1.54) is 0 Å². The van der Waals surface area contributed by atoms with Crippen LogP contribution in [0, 0.1) is 0 Å². The van der Waals surface area contributed by atoms with Crippen LogP contribution >= 0.6 is 11.6 Å². The number of hydrogen-bond donors (Lipinski definition) is 0. The molecule has 0 aliphatic heterocycles. The average Bonchev–Trinajstić information content (AvgIpc) is 2.26. The van der Waals surface area contributed by atoms with Crippen molar-refractivity contribution in [1.29, 1.82) is 0 Å². The van der Waals surface area contributed by atoms with E-state index in [2.05, 4.69) is 0 Å². The number of methoxy groups -OCH3 is 1. The summed E-state index contributed by atoms with van der Waals surface area (Å²) in [4.78, 5) is 11.6. The quantitative estimate of drug-likeness (QED) is 0.569. The number of ketones is 1. The summed E-state index contributed by atoms with van der Waals surface area (Å²) < 4.78 is 5.01. The molecule has 2 nitrogen and oxygen atoms in total. The summed E-state index contributed by atoms with van der Waals surface area (Å²) in [6.45, 7) is 1.89. The molecule has 3 heteroatoms. The van der Waals surface area contributed by atoms with Gasteiger partial charge in [0.1, 0.15) is 5.75 Å². The van der Waals surface area contributed by atoms with Crippen molar-refractivity contribution in [3.05, 3.63) is 29.8 Å². The van der Waals surface area contributed by atoms with Crippen molar-refractivity contribution >= 4 is 17.4 Å². The van der Waals surface area contributed by atoms with Gasteiger partial charge in [-0.2, -0.15) is 0 Å². The minimum Gasteiger partial charge on any atom is -0.497 e. The number of hydrogen-bond acceptors (Lipinski definition) is 2. The van der Waals surface area contributed by atoms with Crippen molar-refractivity contribution in [2.75, 3.05) is 7.11 Å². The first-order valence-electron chi connectivity index (χ1n) is 4.95. The zero-order chi connectivity index (χ0) is 11.3. The van der Waals surface area contributed by atoms with Gasteiger partial charge in [-0.05, 0) is 37.6 Å². The minimum absolute atomic E-state index is 0.0483. The third kappa shape index (κ3) is 3.92. The SMILES string of the molecule is COc1ccc(C(=O)CCC(C)Cl)cc1. The van der Waals surface area contributed by atoms with E-state index in [-0.39, 0.29) is 11.2 Å². The minimum atomic E-state index is 0.0483. The van der Waals surface area contributed by atoms with Gasteiger partial charge in [-0.15, -0.1) is 11.6 Å². The van der Waals surface area contributed by atoms with Crippen LogP contribution in [0.4, 0.5) is 0 Å². The molecule has 0 radical (unpaired) electrons. The Morgan fingerprint density at radius 3 is 2.47 bits per heavy atom. The lowest BCUT2D eigenvalue weighted by Gasteiger charge is -2.04. The van der Waals surface area contributed by atoms with Gasteiger partial charge >= 0.3 is 0 Å².